The summed E-state index contributed by atoms with van der Waals surface area (Å²) in [6.07, 6.45) is 1.70. The molecule has 0 aliphatic carbocycles. The molecule has 3 N–H and O–H groups in total. The van der Waals surface area contributed by atoms with Gasteiger partial charge in [-0.25, -0.2) is 0 Å². The van der Waals surface area contributed by atoms with E-state index in [1.807, 2.05) is 6.08 Å². The van der Waals surface area contributed by atoms with Crippen molar-refractivity contribution in [3.8, 4) is 0 Å². The summed E-state index contributed by atoms with van der Waals surface area (Å²) in [6, 6.07) is 3.67. The molecule has 0 saturated carbocycles. The maximum atomic E-state index is 13.1. The zero-order valence-electron chi connectivity index (χ0n) is 11.7. The first-order chi connectivity index (χ1) is 9.90. The van der Waals surface area contributed by atoms with Crippen LogP contribution in [0.1, 0.15) is 49.3 Å². The normalized spacial score (nSPS) is 13.2. The number of rotatable bonds is 8. The molecule has 0 saturated heterocycles. The molecule has 0 fully saturated rings. The van der Waals surface area contributed by atoms with Crippen molar-refractivity contribution >= 4 is 15.9 Å². The number of hydrogen-bond acceptors (Lipinski definition) is 2. The van der Waals surface area contributed by atoms with Gasteiger partial charge in [0.15, 0.2) is 0 Å². The first kappa shape index (κ1) is 18.2. The van der Waals surface area contributed by atoms with Gasteiger partial charge in [-0.2, -0.15) is 13.2 Å². The maximum Gasteiger partial charge on any atom is 0.416 e. The van der Waals surface area contributed by atoms with Crippen LogP contribution in [0.25, 0.3) is 0 Å². The topological polar surface area (TPSA) is 38.0 Å². The summed E-state index contributed by atoms with van der Waals surface area (Å²) in [5.74, 6) is 5.45. The summed E-state index contributed by atoms with van der Waals surface area (Å²) in [5, 5.41) is 0. The van der Waals surface area contributed by atoms with Crippen LogP contribution < -0.4 is 11.3 Å². The van der Waals surface area contributed by atoms with Crippen LogP contribution in [-0.4, -0.2) is 0 Å². The predicted molar refractivity (Wildman–Crippen MR) is 82.5 cm³/mol. The molecule has 0 aliphatic rings. The molecule has 1 aromatic rings. The minimum atomic E-state index is -4.39. The molecule has 0 radical (unpaired) electrons. The van der Waals surface area contributed by atoms with Crippen molar-refractivity contribution in [3.63, 3.8) is 0 Å². The smallest absolute Gasteiger partial charge is 0.271 e. The average Bonchev–Trinajstić information content (AvgIpc) is 2.42. The first-order valence-electron chi connectivity index (χ1n) is 6.83. The van der Waals surface area contributed by atoms with E-state index in [0.717, 1.165) is 31.7 Å². The second kappa shape index (κ2) is 8.56. The molecule has 2 nitrogen and oxygen atoms in total. The third-order valence-electron chi connectivity index (χ3n) is 3.30. The van der Waals surface area contributed by atoms with Crippen LogP contribution in [-0.2, 0) is 6.18 Å². The minimum absolute atomic E-state index is 0.192. The second-order valence-electron chi connectivity index (χ2n) is 4.88. The van der Waals surface area contributed by atoms with Crippen LogP contribution in [0.4, 0.5) is 13.2 Å². The molecular weight excluding hydrogens is 345 g/mol. The Balaban J connectivity index is 2.82. The predicted octanol–water partition coefficient (Wildman–Crippen LogP) is 5.11. The van der Waals surface area contributed by atoms with E-state index in [1.54, 1.807) is 6.07 Å². The van der Waals surface area contributed by atoms with Gasteiger partial charge in [0.1, 0.15) is 0 Å². The number of halogens is 4. The van der Waals surface area contributed by atoms with Crippen molar-refractivity contribution < 1.29 is 13.2 Å². The Bertz CT molecular complexity index is 461. The van der Waals surface area contributed by atoms with Gasteiger partial charge in [0.2, 0.25) is 0 Å². The number of hydrogen-bond donors (Lipinski definition) is 2. The molecule has 0 spiro atoms. The quantitative estimate of drug-likeness (QED) is 0.291. The largest absolute Gasteiger partial charge is 0.416 e. The fraction of sp³-hybridized carbons (Fsp3) is 0.467. The number of unbranched alkanes of at least 4 members (excludes halogenated alkanes) is 3. The molecule has 21 heavy (non-hydrogen) atoms. The van der Waals surface area contributed by atoms with Crippen LogP contribution in [0, 0.1) is 0 Å². The minimum Gasteiger partial charge on any atom is -0.271 e. The second-order valence-corrected chi connectivity index (χ2v) is 5.79. The fourth-order valence-corrected chi connectivity index (χ4v) is 2.58. The summed E-state index contributed by atoms with van der Waals surface area (Å²) in [4.78, 5) is 0. The monoisotopic (exact) mass is 364 g/mol. The van der Waals surface area contributed by atoms with E-state index in [0.29, 0.717) is 10.9 Å². The summed E-state index contributed by atoms with van der Waals surface area (Å²) >= 11 is 3.08. The molecule has 0 heterocycles. The zero-order chi connectivity index (χ0) is 15.9. The molecule has 1 rings (SSSR count). The van der Waals surface area contributed by atoms with Crippen molar-refractivity contribution in [1.29, 1.82) is 0 Å². The highest BCUT2D eigenvalue weighted by Crippen LogP contribution is 2.37. The maximum absolute atomic E-state index is 13.1. The number of alkyl halides is 3. The van der Waals surface area contributed by atoms with Crippen LogP contribution in [0.15, 0.2) is 35.3 Å². The SMILES string of the molecule is C=CCCCCCC(NN)c1ccc(Br)cc1C(F)(F)F. The highest BCUT2D eigenvalue weighted by molar-refractivity contribution is 9.10. The molecule has 0 aromatic heterocycles. The molecule has 0 aliphatic heterocycles. The van der Waals surface area contributed by atoms with Crippen molar-refractivity contribution in [2.75, 3.05) is 0 Å². The molecule has 118 valence electrons. The van der Waals surface area contributed by atoms with Gasteiger partial charge in [-0.15, -0.1) is 6.58 Å². The van der Waals surface area contributed by atoms with Crippen molar-refractivity contribution in [2.45, 2.75) is 44.3 Å². The van der Waals surface area contributed by atoms with E-state index in [2.05, 4.69) is 27.9 Å². The lowest BCUT2D eigenvalue weighted by Gasteiger charge is -2.21. The Kier molecular flexibility index (Phi) is 7.42. The molecule has 1 atom stereocenters. The van der Waals surface area contributed by atoms with E-state index in [4.69, 9.17) is 5.84 Å². The Morgan fingerprint density at radius 1 is 1.29 bits per heavy atom. The van der Waals surface area contributed by atoms with E-state index in [-0.39, 0.29) is 5.56 Å². The molecule has 1 unspecified atom stereocenters. The lowest BCUT2D eigenvalue weighted by Crippen LogP contribution is -2.29. The number of allylic oxidation sites excluding steroid dienone is 1. The van der Waals surface area contributed by atoms with E-state index in [9.17, 15) is 13.2 Å². The lowest BCUT2D eigenvalue weighted by molar-refractivity contribution is -0.138. The van der Waals surface area contributed by atoms with Crippen molar-refractivity contribution in [1.82, 2.24) is 5.43 Å². The molecule has 6 heteroatoms. The van der Waals surface area contributed by atoms with Gasteiger partial charge in [-0.1, -0.05) is 40.9 Å². The van der Waals surface area contributed by atoms with Gasteiger partial charge < -0.3 is 0 Å². The molecule has 1 aromatic carbocycles. The molecule has 0 amide bonds. The number of nitrogens with two attached hydrogens (primary N) is 1. The average molecular weight is 365 g/mol. The van der Waals surface area contributed by atoms with Crippen molar-refractivity contribution in [2.24, 2.45) is 5.84 Å². The van der Waals surface area contributed by atoms with Gasteiger partial charge >= 0.3 is 6.18 Å². The number of hydrazine groups is 1. The van der Waals surface area contributed by atoms with Crippen molar-refractivity contribution in [3.05, 3.63) is 46.5 Å². The van der Waals surface area contributed by atoms with E-state index in [1.165, 1.54) is 6.07 Å². The van der Waals surface area contributed by atoms with Gasteiger partial charge in [-0.3, -0.25) is 11.3 Å². The Hall–Kier alpha value is -0.850. The van der Waals surface area contributed by atoms with E-state index >= 15 is 0 Å². The van der Waals surface area contributed by atoms with E-state index < -0.39 is 17.8 Å². The van der Waals surface area contributed by atoms with Crippen LogP contribution in [0.3, 0.4) is 0 Å². The Morgan fingerprint density at radius 2 is 2.00 bits per heavy atom. The van der Waals surface area contributed by atoms with Crippen LogP contribution in [0.5, 0.6) is 0 Å². The van der Waals surface area contributed by atoms with Gasteiger partial charge in [0, 0.05) is 10.5 Å². The number of nitrogens with one attached hydrogen (secondary N) is 1. The van der Waals surface area contributed by atoms with Gasteiger partial charge in [0.05, 0.1) is 5.56 Å². The summed E-state index contributed by atoms with van der Waals surface area (Å²) in [6.45, 7) is 3.64. The van der Waals surface area contributed by atoms with Crippen LogP contribution >= 0.6 is 15.9 Å². The highest BCUT2D eigenvalue weighted by atomic mass is 79.9. The van der Waals surface area contributed by atoms with Crippen LogP contribution in [0.2, 0.25) is 0 Å². The third kappa shape index (κ3) is 5.80. The first-order valence-corrected chi connectivity index (χ1v) is 7.63. The molecule has 0 bridgehead atoms. The Labute approximate surface area is 131 Å². The zero-order valence-corrected chi connectivity index (χ0v) is 13.3. The summed E-state index contributed by atoms with van der Waals surface area (Å²) in [5.41, 5.74) is 2.05. The number of benzene rings is 1. The standard InChI is InChI=1S/C15H20BrF3N2/c1-2-3-4-5-6-7-14(21-20)12-9-8-11(16)10-13(12)15(17,18)19/h2,8-10,14,21H,1,3-7,20H2. The summed E-state index contributed by atoms with van der Waals surface area (Å²) in [7, 11) is 0. The summed E-state index contributed by atoms with van der Waals surface area (Å²) < 4.78 is 39.7. The third-order valence-corrected chi connectivity index (χ3v) is 3.79. The lowest BCUT2D eigenvalue weighted by atomic mass is 9.95. The fourth-order valence-electron chi connectivity index (χ4n) is 2.22. The van der Waals surface area contributed by atoms with Gasteiger partial charge in [-0.05, 0) is 37.0 Å². The highest BCUT2D eigenvalue weighted by Gasteiger charge is 2.35. The Morgan fingerprint density at radius 3 is 2.57 bits per heavy atom. The molecular formula is C15H20BrF3N2. The van der Waals surface area contributed by atoms with Gasteiger partial charge in [0.25, 0.3) is 0 Å².